The molecule has 116 valence electrons. The predicted octanol–water partition coefficient (Wildman–Crippen LogP) is 3.67. The highest BCUT2D eigenvalue weighted by Crippen LogP contribution is 2.36. The number of aliphatic hydroxyl groups is 1. The maximum Gasteiger partial charge on any atom is 0.0743 e. The van der Waals surface area contributed by atoms with Crippen molar-refractivity contribution in [1.29, 1.82) is 0 Å². The van der Waals surface area contributed by atoms with Gasteiger partial charge in [-0.25, -0.2) is 0 Å². The highest BCUT2D eigenvalue weighted by atomic mass is 35.5. The zero-order valence-corrected chi connectivity index (χ0v) is 13.4. The van der Waals surface area contributed by atoms with Crippen LogP contribution in [-0.4, -0.2) is 16.7 Å². The molecule has 0 saturated carbocycles. The van der Waals surface area contributed by atoms with Crippen molar-refractivity contribution in [3.8, 4) is 0 Å². The van der Waals surface area contributed by atoms with E-state index in [1.165, 1.54) is 16.7 Å². The van der Waals surface area contributed by atoms with Crippen molar-refractivity contribution < 1.29 is 9.84 Å². The first-order valence-corrected chi connectivity index (χ1v) is 8.02. The van der Waals surface area contributed by atoms with E-state index in [0.29, 0.717) is 19.6 Å². The smallest absolute Gasteiger partial charge is 0.0743 e. The first-order chi connectivity index (χ1) is 10.7. The van der Waals surface area contributed by atoms with Gasteiger partial charge < -0.3 is 9.84 Å². The minimum absolute atomic E-state index is 0.0784. The Balaban J connectivity index is 2.00. The number of pyridine rings is 1. The number of aryl methyl sites for hydroxylation is 1. The van der Waals surface area contributed by atoms with Crippen LogP contribution in [-0.2, 0) is 24.4 Å². The lowest BCUT2D eigenvalue weighted by Crippen LogP contribution is -2.09. The second-order valence-corrected chi connectivity index (χ2v) is 6.18. The molecule has 3 nitrogen and oxygen atoms in total. The number of benzene rings is 1. The lowest BCUT2D eigenvalue weighted by molar-refractivity contribution is 0.134. The predicted molar refractivity (Wildman–Crippen MR) is 87.0 cm³/mol. The summed E-state index contributed by atoms with van der Waals surface area (Å²) in [6.07, 6.45) is 1.34. The summed E-state index contributed by atoms with van der Waals surface area (Å²) < 4.78 is 5.66. The Morgan fingerprint density at radius 3 is 2.68 bits per heavy atom. The quantitative estimate of drug-likeness (QED) is 0.856. The van der Waals surface area contributed by atoms with E-state index in [2.05, 4.69) is 12.1 Å². The van der Waals surface area contributed by atoms with E-state index >= 15 is 0 Å². The summed E-state index contributed by atoms with van der Waals surface area (Å²) >= 11 is 6.45. The average molecular weight is 318 g/mol. The maximum atomic E-state index is 9.15. The summed E-state index contributed by atoms with van der Waals surface area (Å²) in [5.41, 5.74) is 6.66. The summed E-state index contributed by atoms with van der Waals surface area (Å²) in [5.74, 6) is 0. The van der Waals surface area contributed by atoms with Gasteiger partial charge in [-0.15, -0.1) is 11.6 Å². The summed E-state index contributed by atoms with van der Waals surface area (Å²) in [6, 6.07) is 10.3. The monoisotopic (exact) mass is 317 g/mol. The van der Waals surface area contributed by atoms with E-state index < -0.39 is 0 Å². The van der Waals surface area contributed by atoms with Crippen molar-refractivity contribution in [3.63, 3.8) is 0 Å². The van der Waals surface area contributed by atoms with Crippen LogP contribution in [0.2, 0.25) is 0 Å². The van der Waals surface area contributed by atoms with Gasteiger partial charge in [-0.3, -0.25) is 4.98 Å². The van der Waals surface area contributed by atoms with Crippen molar-refractivity contribution in [2.45, 2.75) is 38.4 Å². The largest absolute Gasteiger partial charge is 0.396 e. The highest BCUT2D eigenvalue weighted by molar-refractivity contribution is 6.21. The Kier molecular flexibility index (Phi) is 4.77. The van der Waals surface area contributed by atoms with Crippen molar-refractivity contribution in [2.75, 3.05) is 6.61 Å². The molecule has 1 aromatic carbocycles. The van der Waals surface area contributed by atoms with Crippen LogP contribution >= 0.6 is 11.6 Å². The number of hydrogen-bond donors (Lipinski definition) is 1. The molecular formula is C18H20ClNO2. The van der Waals surface area contributed by atoms with Crippen LogP contribution in [0, 0.1) is 6.92 Å². The number of rotatable bonds is 5. The molecular weight excluding hydrogens is 298 g/mol. The Morgan fingerprint density at radius 2 is 1.95 bits per heavy atom. The fourth-order valence-electron chi connectivity index (χ4n) is 3.08. The van der Waals surface area contributed by atoms with E-state index in [9.17, 15) is 0 Å². The summed E-state index contributed by atoms with van der Waals surface area (Å²) in [7, 11) is 0. The summed E-state index contributed by atoms with van der Waals surface area (Å²) in [6.45, 7) is 3.26. The first kappa shape index (κ1) is 15.5. The number of hydrogen-bond acceptors (Lipinski definition) is 3. The van der Waals surface area contributed by atoms with E-state index in [1.807, 2.05) is 25.1 Å². The van der Waals surface area contributed by atoms with Gasteiger partial charge in [-0.2, -0.15) is 0 Å². The Morgan fingerprint density at radius 1 is 1.23 bits per heavy atom. The maximum absolute atomic E-state index is 9.15. The molecule has 0 fully saturated rings. The van der Waals surface area contributed by atoms with Gasteiger partial charge in [0.15, 0.2) is 0 Å². The number of ether oxygens (including phenoxy) is 1. The van der Waals surface area contributed by atoms with Crippen molar-refractivity contribution >= 4 is 11.6 Å². The van der Waals surface area contributed by atoms with Gasteiger partial charge in [0.1, 0.15) is 0 Å². The van der Waals surface area contributed by atoms with Crippen molar-refractivity contribution in [1.82, 2.24) is 4.98 Å². The molecule has 1 aliphatic heterocycles. The third kappa shape index (κ3) is 3.02. The van der Waals surface area contributed by atoms with E-state index in [-0.39, 0.29) is 12.0 Å². The molecule has 0 spiro atoms. The summed E-state index contributed by atoms with van der Waals surface area (Å²) in [5, 5.41) is 8.94. The molecule has 0 saturated heterocycles. The van der Waals surface area contributed by atoms with Gasteiger partial charge in [-0.05, 0) is 30.0 Å². The lowest BCUT2D eigenvalue weighted by atomic mass is 9.95. The summed E-state index contributed by atoms with van der Waals surface area (Å²) in [4.78, 5) is 4.80. The molecule has 3 rings (SSSR count). The molecule has 1 aromatic heterocycles. The number of halogens is 1. The molecule has 4 heteroatoms. The van der Waals surface area contributed by atoms with Crippen LogP contribution in [0.4, 0.5) is 0 Å². The SMILES string of the molecule is Cc1nc(Cc2ccccc2)c2c(c1C(Cl)CCO)COC2. The van der Waals surface area contributed by atoms with Gasteiger partial charge >= 0.3 is 0 Å². The van der Waals surface area contributed by atoms with Gasteiger partial charge in [0.2, 0.25) is 0 Å². The van der Waals surface area contributed by atoms with Gasteiger partial charge in [-0.1, -0.05) is 30.3 Å². The van der Waals surface area contributed by atoms with E-state index in [0.717, 1.165) is 23.4 Å². The Bertz CT molecular complexity index is 658. The molecule has 0 bridgehead atoms. The minimum atomic E-state index is -0.210. The third-order valence-electron chi connectivity index (χ3n) is 4.13. The number of nitrogens with zero attached hydrogens (tertiary/aromatic N) is 1. The lowest BCUT2D eigenvalue weighted by Gasteiger charge is -2.18. The van der Waals surface area contributed by atoms with Crippen LogP contribution in [0.15, 0.2) is 30.3 Å². The molecule has 2 aromatic rings. The Labute approximate surface area is 135 Å². The molecule has 1 N–H and O–H groups in total. The fourth-order valence-corrected chi connectivity index (χ4v) is 3.47. The molecule has 2 heterocycles. The Hall–Kier alpha value is -1.42. The number of aromatic nitrogens is 1. The number of aliphatic hydroxyl groups excluding tert-OH is 1. The molecule has 1 aliphatic rings. The average Bonchev–Trinajstić information content (AvgIpc) is 2.98. The first-order valence-electron chi connectivity index (χ1n) is 7.58. The van der Waals surface area contributed by atoms with E-state index in [4.69, 9.17) is 26.4 Å². The zero-order valence-electron chi connectivity index (χ0n) is 12.7. The molecule has 0 aliphatic carbocycles. The standard InChI is InChI=1S/C18H20ClNO2/c1-12-18(16(19)7-8-21)15-11-22-10-14(15)17(20-12)9-13-5-3-2-4-6-13/h2-6,16,21H,7-11H2,1H3. The van der Waals surface area contributed by atoms with Gasteiger partial charge in [0, 0.05) is 24.3 Å². The molecule has 0 radical (unpaired) electrons. The number of fused-ring (bicyclic) bond motifs is 1. The molecule has 1 atom stereocenters. The van der Waals surface area contributed by atoms with E-state index in [1.54, 1.807) is 0 Å². The fraction of sp³-hybridized carbons (Fsp3) is 0.389. The van der Waals surface area contributed by atoms with Crippen molar-refractivity contribution in [2.24, 2.45) is 0 Å². The normalized spacial score (nSPS) is 14.9. The van der Waals surface area contributed by atoms with Crippen LogP contribution in [0.1, 0.15) is 45.4 Å². The van der Waals surface area contributed by atoms with Crippen LogP contribution in [0.3, 0.4) is 0 Å². The molecule has 0 amide bonds. The molecule has 1 unspecified atom stereocenters. The molecule has 22 heavy (non-hydrogen) atoms. The van der Waals surface area contributed by atoms with Crippen LogP contribution < -0.4 is 0 Å². The number of alkyl halides is 1. The topological polar surface area (TPSA) is 42.4 Å². The van der Waals surface area contributed by atoms with Crippen LogP contribution in [0.5, 0.6) is 0 Å². The minimum Gasteiger partial charge on any atom is -0.396 e. The van der Waals surface area contributed by atoms with Gasteiger partial charge in [0.05, 0.1) is 24.3 Å². The van der Waals surface area contributed by atoms with Crippen molar-refractivity contribution in [3.05, 3.63) is 64.0 Å². The van der Waals surface area contributed by atoms with Crippen LogP contribution in [0.25, 0.3) is 0 Å². The second kappa shape index (κ2) is 6.78. The van der Waals surface area contributed by atoms with Gasteiger partial charge in [0.25, 0.3) is 0 Å². The second-order valence-electron chi connectivity index (χ2n) is 5.65. The zero-order chi connectivity index (χ0) is 15.5. The highest BCUT2D eigenvalue weighted by Gasteiger charge is 2.26. The third-order valence-corrected chi connectivity index (χ3v) is 4.57.